The Morgan fingerprint density at radius 3 is 2.54 bits per heavy atom. The number of aliphatic carboxylic acids is 1. The van der Waals surface area contributed by atoms with Crippen molar-refractivity contribution in [2.75, 3.05) is 0 Å². The number of ether oxygens (including phenoxy) is 1. The number of fused-ring (bicyclic) bond motifs is 3. The number of hydrogen-bond donors (Lipinski definition) is 1. The van der Waals surface area contributed by atoms with Gasteiger partial charge in [-0.25, -0.2) is 0 Å². The molecule has 0 heterocycles. The Kier molecular flexibility index (Phi) is 4.71. The fourth-order valence-electron chi connectivity index (χ4n) is 6.18. The van der Waals surface area contributed by atoms with Gasteiger partial charge in [0, 0.05) is 24.7 Å². The van der Waals surface area contributed by atoms with Gasteiger partial charge in [-0.3, -0.25) is 9.59 Å². The quantitative estimate of drug-likeness (QED) is 0.630. The molecule has 3 aliphatic rings. The van der Waals surface area contributed by atoms with Crippen LogP contribution >= 0.6 is 0 Å². The standard InChI is InChI=1S/C19H28O5/c1-11(21)24-17-6-5-16-14-4-3-12(9-18(22)23)15(10-20)13(14)7-8-19(16,17)2/h10,12-17H,3-9H2,1-2H3,(H,22,23)/t12-,13-,14+,15-,16-,17-,19-/m0/s1. The first-order valence-corrected chi connectivity index (χ1v) is 9.21. The largest absolute Gasteiger partial charge is 0.481 e. The van der Waals surface area contributed by atoms with Crippen molar-refractivity contribution >= 4 is 18.2 Å². The SMILES string of the molecule is CC(=O)O[C@H]1CC[C@H]2[C@@H]3CC[C@@H](CC(=O)O)[C@H](C=O)[C@H]3CC[C@]12C. The van der Waals surface area contributed by atoms with E-state index in [-0.39, 0.29) is 35.7 Å². The highest BCUT2D eigenvalue weighted by Gasteiger charge is 2.57. The van der Waals surface area contributed by atoms with Gasteiger partial charge in [-0.15, -0.1) is 0 Å². The monoisotopic (exact) mass is 336 g/mol. The molecule has 0 radical (unpaired) electrons. The van der Waals surface area contributed by atoms with Crippen LogP contribution < -0.4 is 0 Å². The summed E-state index contributed by atoms with van der Waals surface area (Å²) in [5, 5.41) is 9.12. The zero-order chi connectivity index (χ0) is 17.5. The van der Waals surface area contributed by atoms with Crippen molar-refractivity contribution in [2.45, 2.75) is 64.9 Å². The molecule has 3 rings (SSSR count). The lowest BCUT2D eigenvalue weighted by atomic mass is 9.52. The average Bonchev–Trinajstić information content (AvgIpc) is 2.83. The van der Waals surface area contributed by atoms with Gasteiger partial charge in [0.1, 0.15) is 12.4 Å². The molecule has 0 aliphatic heterocycles. The van der Waals surface area contributed by atoms with Crippen LogP contribution in [-0.4, -0.2) is 29.4 Å². The summed E-state index contributed by atoms with van der Waals surface area (Å²) in [6.45, 7) is 3.72. The number of esters is 1. The van der Waals surface area contributed by atoms with Crippen molar-refractivity contribution in [2.24, 2.45) is 35.0 Å². The van der Waals surface area contributed by atoms with E-state index in [1.165, 1.54) is 6.92 Å². The van der Waals surface area contributed by atoms with E-state index in [0.717, 1.165) is 44.8 Å². The number of rotatable bonds is 4. The average molecular weight is 336 g/mol. The Morgan fingerprint density at radius 1 is 1.17 bits per heavy atom. The van der Waals surface area contributed by atoms with E-state index in [1.807, 2.05) is 0 Å². The Bertz CT molecular complexity index is 530. The van der Waals surface area contributed by atoms with Crippen LogP contribution in [0.1, 0.15) is 58.8 Å². The highest BCUT2D eigenvalue weighted by Crippen LogP contribution is 2.61. The summed E-state index contributed by atoms with van der Waals surface area (Å²) in [6.07, 6.45) is 6.79. The molecule has 0 unspecified atom stereocenters. The summed E-state index contributed by atoms with van der Waals surface area (Å²) in [6, 6.07) is 0. The molecular formula is C19H28O5. The third-order valence-electron chi connectivity index (χ3n) is 7.22. The lowest BCUT2D eigenvalue weighted by Crippen LogP contribution is -2.49. The lowest BCUT2D eigenvalue weighted by Gasteiger charge is -2.53. The zero-order valence-corrected chi connectivity index (χ0v) is 14.6. The fraction of sp³-hybridized carbons (Fsp3) is 0.842. The molecule has 0 spiro atoms. The van der Waals surface area contributed by atoms with Crippen molar-refractivity contribution in [1.82, 2.24) is 0 Å². The highest BCUT2D eigenvalue weighted by atomic mass is 16.5. The van der Waals surface area contributed by atoms with Gasteiger partial charge >= 0.3 is 11.9 Å². The van der Waals surface area contributed by atoms with Gasteiger partial charge in [-0.1, -0.05) is 6.92 Å². The van der Waals surface area contributed by atoms with Crippen molar-refractivity contribution in [1.29, 1.82) is 0 Å². The van der Waals surface area contributed by atoms with Gasteiger partial charge in [0.2, 0.25) is 0 Å². The molecule has 0 aromatic heterocycles. The van der Waals surface area contributed by atoms with Crippen LogP contribution in [0.3, 0.4) is 0 Å². The fourth-order valence-corrected chi connectivity index (χ4v) is 6.18. The summed E-state index contributed by atoms with van der Waals surface area (Å²) >= 11 is 0. The second kappa shape index (κ2) is 6.49. The molecule has 0 amide bonds. The van der Waals surface area contributed by atoms with Crippen LogP contribution in [-0.2, 0) is 19.1 Å². The molecule has 134 valence electrons. The summed E-state index contributed by atoms with van der Waals surface area (Å²) < 4.78 is 5.60. The molecule has 3 aliphatic carbocycles. The van der Waals surface area contributed by atoms with Gasteiger partial charge < -0.3 is 14.6 Å². The van der Waals surface area contributed by atoms with Crippen molar-refractivity contribution in [3.8, 4) is 0 Å². The lowest BCUT2D eigenvalue weighted by molar-refractivity contribution is -0.157. The molecule has 0 aromatic carbocycles. The van der Waals surface area contributed by atoms with Crippen molar-refractivity contribution in [3.63, 3.8) is 0 Å². The van der Waals surface area contributed by atoms with Gasteiger partial charge in [0.15, 0.2) is 0 Å². The van der Waals surface area contributed by atoms with Crippen LogP contribution in [0.5, 0.6) is 0 Å². The number of hydrogen-bond acceptors (Lipinski definition) is 4. The van der Waals surface area contributed by atoms with E-state index in [0.29, 0.717) is 17.8 Å². The highest BCUT2D eigenvalue weighted by molar-refractivity contribution is 5.68. The first-order valence-electron chi connectivity index (χ1n) is 9.21. The van der Waals surface area contributed by atoms with Gasteiger partial charge in [-0.05, 0) is 62.2 Å². The Labute approximate surface area is 143 Å². The summed E-state index contributed by atoms with van der Waals surface area (Å²) in [5.41, 5.74) is 0.0138. The maximum atomic E-state index is 11.7. The second-order valence-electron chi connectivity index (χ2n) is 8.30. The number of carboxylic acid groups (broad SMARTS) is 1. The van der Waals surface area contributed by atoms with Crippen LogP contribution in [0.25, 0.3) is 0 Å². The van der Waals surface area contributed by atoms with Crippen molar-refractivity contribution < 1.29 is 24.2 Å². The Morgan fingerprint density at radius 2 is 1.92 bits per heavy atom. The molecule has 7 atom stereocenters. The first kappa shape index (κ1) is 17.4. The molecule has 3 fully saturated rings. The summed E-state index contributed by atoms with van der Waals surface area (Å²) in [7, 11) is 0. The Hall–Kier alpha value is -1.39. The predicted octanol–water partition coefficient (Wildman–Crippen LogP) is 3.06. The molecular weight excluding hydrogens is 308 g/mol. The second-order valence-corrected chi connectivity index (χ2v) is 8.30. The maximum absolute atomic E-state index is 11.7. The van der Waals surface area contributed by atoms with Gasteiger partial charge in [0.25, 0.3) is 0 Å². The number of carboxylic acids is 1. The minimum absolute atomic E-state index is 0.00706. The third-order valence-corrected chi connectivity index (χ3v) is 7.22. The number of carbonyl (C=O) groups is 3. The molecule has 0 saturated heterocycles. The van der Waals surface area contributed by atoms with Crippen molar-refractivity contribution in [3.05, 3.63) is 0 Å². The normalized spacial score (nSPS) is 44.2. The smallest absolute Gasteiger partial charge is 0.303 e. The van der Waals surface area contributed by atoms with Gasteiger partial charge in [0.05, 0.1) is 0 Å². The number of carbonyl (C=O) groups excluding carboxylic acids is 2. The molecule has 1 N–H and O–H groups in total. The zero-order valence-electron chi connectivity index (χ0n) is 14.6. The van der Waals surface area contributed by atoms with E-state index >= 15 is 0 Å². The van der Waals surface area contributed by atoms with Crippen LogP contribution in [0.15, 0.2) is 0 Å². The minimum Gasteiger partial charge on any atom is -0.481 e. The third kappa shape index (κ3) is 2.86. The Balaban J connectivity index is 1.78. The minimum atomic E-state index is -0.804. The molecule has 0 bridgehead atoms. The van der Waals surface area contributed by atoms with Crippen LogP contribution in [0.4, 0.5) is 0 Å². The molecule has 24 heavy (non-hydrogen) atoms. The number of aldehydes is 1. The van der Waals surface area contributed by atoms with E-state index in [2.05, 4.69) is 6.92 Å². The molecule has 0 aromatic rings. The first-order chi connectivity index (χ1) is 11.4. The van der Waals surface area contributed by atoms with E-state index < -0.39 is 5.97 Å². The van der Waals surface area contributed by atoms with Crippen LogP contribution in [0.2, 0.25) is 0 Å². The van der Waals surface area contributed by atoms with Crippen LogP contribution in [0, 0.1) is 35.0 Å². The molecule has 5 nitrogen and oxygen atoms in total. The topological polar surface area (TPSA) is 80.7 Å². The van der Waals surface area contributed by atoms with E-state index in [1.54, 1.807) is 0 Å². The maximum Gasteiger partial charge on any atom is 0.303 e. The van der Waals surface area contributed by atoms with E-state index in [4.69, 9.17) is 9.84 Å². The van der Waals surface area contributed by atoms with Gasteiger partial charge in [-0.2, -0.15) is 0 Å². The molecule has 5 heteroatoms. The van der Waals surface area contributed by atoms with E-state index in [9.17, 15) is 14.4 Å². The predicted molar refractivity (Wildman–Crippen MR) is 87.1 cm³/mol. The summed E-state index contributed by atoms with van der Waals surface area (Å²) in [4.78, 5) is 34.2. The molecule has 3 saturated carbocycles. The summed E-state index contributed by atoms with van der Waals surface area (Å²) in [5.74, 6) is 0.0863.